The number of carboxylic acid groups (broad SMARTS) is 2. The third-order valence-corrected chi connectivity index (χ3v) is 3.21. The van der Waals surface area contributed by atoms with E-state index in [9.17, 15) is 9.59 Å². The Bertz CT molecular complexity index is 403. The van der Waals surface area contributed by atoms with E-state index in [1.54, 1.807) is 13.0 Å². The summed E-state index contributed by atoms with van der Waals surface area (Å²) in [5.74, 6) is -2.07. The first-order valence-electron chi connectivity index (χ1n) is 4.52. The maximum absolute atomic E-state index is 10.4. The third-order valence-electron chi connectivity index (χ3n) is 1.48. The quantitative estimate of drug-likeness (QED) is 0.452. The van der Waals surface area contributed by atoms with E-state index in [1.165, 1.54) is 0 Å². The van der Waals surface area contributed by atoms with Crippen LogP contribution < -0.4 is 0 Å². The van der Waals surface area contributed by atoms with Crippen molar-refractivity contribution in [2.45, 2.75) is 17.1 Å². The number of rotatable bonds is 6. The largest absolute Gasteiger partial charge is 0.481 e. The lowest BCUT2D eigenvalue weighted by Crippen LogP contribution is -2.02. The number of carboxylic acids is 2. The van der Waals surface area contributed by atoms with Crippen molar-refractivity contribution in [3.63, 3.8) is 0 Å². The Kier molecular flexibility index (Phi) is 5.23. The van der Waals surface area contributed by atoms with Gasteiger partial charge in [0.1, 0.15) is 5.03 Å². The summed E-state index contributed by atoms with van der Waals surface area (Å²) in [5, 5.41) is 18.0. The van der Waals surface area contributed by atoms with E-state index in [0.29, 0.717) is 15.9 Å². The highest BCUT2D eigenvalue weighted by atomic mass is 32.2. The fourth-order valence-corrected chi connectivity index (χ4v) is 2.27. The smallest absolute Gasteiger partial charge is 0.313 e. The molecular formula is C9H10N2O4S2. The molecule has 0 unspecified atom stereocenters. The molecule has 0 fully saturated rings. The van der Waals surface area contributed by atoms with Crippen molar-refractivity contribution in [1.29, 1.82) is 0 Å². The summed E-state index contributed by atoms with van der Waals surface area (Å²) in [6.45, 7) is 1.75. The van der Waals surface area contributed by atoms with E-state index in [-0.39, 0.29) is 11.5 Å². The topological polar surface area (TPSA) is 100 Å². The Morgan fingerprint density at radius 2 is 1.76 bits per heavy atom. The predicted octanol–water partition coefficient (Wildman–Crippen LogP) is 1.14. The van der Waals surface area contributed by atoms with Gasteiger partial charge in [-0.05, 0) is 13.0 Å². The molecule has 17 heavy (non-hydrogen) atoms. The Balaban J connectivity index is 2.71. The van der Waals surface area contributed by atoms with Crippen molar-refractivity contribution >= 4 is 35.5 Å². The summed E-state index contributed by atoms with van der Waals surface area (Å²) in [6, 6.07) is 1.67. The first-order chi connectivity index (χ1) is 7.97. The van der Waals surface area contributed by atoms with Crippen LogP contribution in [0, 0.1) is 6.92 Å². The Morgan fingerprint density at radius 1 is 1.18 bits per heavy atom. The average molecular weight is 274 g/mol. The maximum Gasteiger partial charge on any atom is 0.313 e. The Labute approximate surface area is 106 Å². The molecule has 0 radical (unpaired) electrons. The Hall–Kier alpha value is -1.28. The second kappa shape index (κ2) is 6.45. The first kappa shape index (κ1) is 13.8. The van der Waals surface area contributed by atoms with Gasteiger partial charge in [-0.2, -0.15) is 0 Å². The van der Waals surface area contributed by atoms with Gasteiger partial charge in [-0.25, -0.2) is 9.97 Å². The zero-order chi connectivity index (χ0) is 12.8. The lowest BCUT2D eigenvalue weighted by atomic mass is 10.5. The third kappa shape index (κ3) is 5.55. The molecule has 0 amide bonds. The van der Waals surface area contributed by atoms with E-state index in [2.05, 4.69) is 9.97 Å². The summed E-state index contributed by atoms with van der Waals surface area (Å²) in [7, 11) is 0. The molecule has 6 nitrogen and oxygen atoms in total. The highest BCUT2D eigenvalue weighted by molar-refractivity contribution is 8.00. The second-order valence-electron chi connectivity index (χ2n) is 2.99. The molecule has 0 aliphatic rings. The number of carbonyl (C=O) groups is 2. The molecule has 1 aromatic heterocycles. The molecule has 0 aromatic carbocycles. The lowest BCUT2D eigenvalue weighted by molar-refractivity contribution is -0.134. The summed E-state index contributed by atoms with van der Waals surface area (Å²) >= 11 is 2.09. The van der Waals surface area contributed by atoms with Crippen LogP contribution >= 0.6 is 23.5 Å². The van der Waals surface area contributed by atoms with E-state index < -0.39 is 11.9 Å². The molecule has 0 aliphatic carbocycles. The van der Waals surface area contributed by atoms with Crippen LogP contribution in [-0.4, -0.2) is 43.6 Å². The number of nitrogens with zero attached hydrogens (tertiary/aromatic N) is 2. The van der Waals surface area contributed by atoms with Crippen molar-refractivity contribution in [2.24, 2.45) is 0 Å². The van der Waals surface area contributed by atoms with Gasteiger partial charge in [-0.1, -0.05) is 23.5 Å². The van der Waals surface area contributed by atoms with Gasteiger partial charge in [0, 0.05) is 5.69 Å². The van der Waals surface area contributed by atoms with Gasteiger partial charge in [-0.3, -0.25) is 9.59 Å². The summed E-state index contributed by atoms with van der Waals surface area (Å²) in [5.41, 5.74) is 0.681. The molecule has 1 heterocycles. The van der Waals surface area contributed by atoms with Crippen LogP contribution in [0.5, 0.6) is 0 Å². The molecule has 0 bridgehead atoms. The molecule has 1 aromatic rings. The summed E-state index contributed by atoms with van der Waals surface area (Å²) < 4.78 is 0. The zero-order valence-electron chi connectivity index (χ0n) is 8.91. The molecule has 1 rings (SSSR count). The van der Waals surface area contributed by atoms with Gasteiger partial charge in [0.25, 0.3) is 0 Å². The monoisotopic (exact) mass is 274 g/mol. The van der Waals surface area contributed by atoms with Crippen LogP contribution in [0.25, 0.3) is 0 Å². The van der Waals surface area contributed by atoms with Crippen LogP contribution in [0.1, 0.15) is 5.69 Å². The Morgan fingerprint density at radius 3 is 2.35 bits per heavy atom. The summed E-state index contributed by atoms with van der Waals surface area (Å²) in [6.07, 6.45) is 0. The number of hydrogen-bond acceptors (Lipinski definition) is 6. The SMILES string of the molecule is Cc1cc(SCC(=O)O)nc(SCC(=O)O)n1. The van der Waals surface area contributed by atoms with Gasteiger partial charge >= 0.3 is 11.9 Å². The van der Waals surface area contributed by atoms with Gasteiger partial charge < -0.3 is 10.2 Å². The van der Waals surface area contributed by atoms with Gasteiger partial charge in [0.05, 0.1) is 11.5 Å². The van der Waals surface area contributed by atoms with E-state index in [1.807, 2.05) is 0 Å². The summed E-state index contributed by atoms with van der Waals surface area (Å²) in [4.78, 5) is 28.9. The molecule has 0 aliphatic heterocycles. The highest BCUT2D eigenvalue weighted by Gasteiger charge is 2.07. The maximum atomic E-state index is 10.4. The molecule has 2 N–H and O–H groups in total. The van der Waals surface area contributed by atoms with Gasteiger partial charge in [0.15, 0.2) is 5.16 Å². The standard InChI is InChI=1S/C9H10N2O4S2/c1-5-2-6(16-3-7(12)13)11-9(10-5)17-4-8(14)15/h2H,3-4H2,1H3,(H,12,13)(H,14,15). The molecule has 0 saturated carbocycles. The average Bonchev–Trinajstić information content (AvgIpc) is 2.23. The fraction of sp³-hybridized carbons (Fsp3) is 0.333. The van der Waals surface area contributed by atoms with Crippen molar-refractivity contribution in [2.75, 3.05) is 11.5 Å². The molecule has 0 atom stereocenters. The van der Waals surface area contributed by atoms with Crippen molar-refractivity contribution in [3.05, 3.63) is 11.8 Å². The number of aryl methyl sites for hydroxylation is 1. The normalized spacial score (nSPS) is 10.2. The van der Waals surface area contributed by atoms with Gasteiger partial charge in [-0.15, -0.1) is 0 Å². The number of aliphatic carboxylic acids is 2. The molecule has 0 saturated heterocycles. The number of thioether (sulfide) groups is 2. The van der Waals surface area contributed by atoms with E-state index in [4.69, 9.17) is 10.2 Å². The predicted molar refractivity (Wildman–Crippen MR) is 63.5 cm³/mol. The van der Waals surface area contributed by atoms with Crippen LogP contribution in [0.3, 0.4) is 0 Å². The number of hydrogen-bond donors (Lipinski definition) is 2. The highest BCUT2D eigenvalue weighted by Crippen LogP contribution is 2.20. The van der Waals surface area contributed by atoms with Crippen LogP contribution in [0.4, 0.5) is 0 Å². The molecule has 92 valence electrons. The lowest BCUT2D eigenvalue weighted by Gasteiger charge is -2.03. The van der Waals surface area contributed by atoms with Gasteiger partial charge in [0.2, 0.25) is 0 Å². The minimum atomic E-state index is -0.945. The first-order valence-corrected chi connectivity index (χ1v) is 6.49. The fourth-order valence-electron chi connectivity index (χ4n) is 0.914. The molecular weight excluding hydrogens is 264 g/mol. The molecule has 0 spiro atoms. The van der Waals surface area contributed by atoms with E-state index >= 15 is 0 Å². The minimum Gasteiger partial charge on any atom is -0.481 e. The van der Waals surface area contributed by atoms with E-state index in [0.717, 1.165) is 23.5 Å². The number of aromatic nitrogens is 2. The van der Waals surface area contributed by atoms with Crippen molar-refractivity contribution in [3.8, 4) is 0 Å². The van der Waals surface area contributed by atoms with Crippen molar-refractivity contribution in [1.82, 2.24) is 9.97 Å². The molecule has 8 heteroatoms. The zero-order valence-corrected chi connectivity index (χ0v) is 10.5. The second-order valence-corrected chi connectivity index (χ2v) is 4.93. The van der Waals surface area contributed by atoms with Crippen LogP contribution in [-0.2, 0) is 9.59 Å². The van der Waals surface area contributed by atoms with Crippen LogP contribution in [0.15, 0.2) is 16.2 Å². The van der Waals surface area contributed by atoms with Crippen LogP contribution in [0.2, 0.25) is 0 Å². The van der Waals surface area contributed by atoms with Crippen molar-refractivity contribution < 1.29 is 19.8 Å². The minimum absolute atomic E-state index is 0.0838.